The molecular weight excluding hydrogens is 593 g/mol. The van der Waals surface area contributed by atoms with E-state index in [1.165, 1.54) is 18.2 Å². The third-order valence-electron chi connectivity index (χ3n) is 9.09. The van der Waals surface area contributed by atoms with Gasteiger partial charge in [0.25, 0.3) is 5.91 Å². The predicted molar refractivity (Wildman–Crippen MR) is 164 cm³/mol. The van der Waals surface area contributed by atoms with Gasteiger partial charge >= 0.3 is 6.18 Å². The lowest BCUT2D eigenvalue weighted by molar-refractivity contribution is -0.138. The van der Waals surface area contributed by atoms with Gasteiger partial charge in [-0.25, -0.2) is 8.78 Å². The summed E-state index contributed by atoms with van der Waals surface area (Å²) in [5.74, 6) is -2.52. The van der Waals surface area contributed by atoms with Crippen molar-refractivity contribution in [2.45, 2.75) is 76.8 Å². The Bertz CT molecular complexity index is 1590. The summed E-state index contributed by atoms with van der Waals surface area (Å²) in [5, 5.41) is 5.87. The van der Waals surface area contributed by atoms with Crippen LogP contribution in [0.15, 0.2) is 47.4 Å². The Morgan fingerprint density at radius 1 is 1.00 bits per heavy atom. The first-order valence-electron chi connectivity index (χ1n) is 15.3. The molecule has 2 fully saturated rings. The van der Waals surface area contributed by atoms with E-state index in [9.17, 15) is 27.2 Å². The van der Waals surface area contributed by atoms with Crippen molar-refractivity contribution in [3.8, 4) is 11.1 Å². The van der Waals surface area contributed by atoms with Crippen molar-refractivity contribution in [1.29, 1.82) is 0 Å². The minimum Gasteiger partial charge on any atom is -0.367 e. The van der Waals surface area contributed by atoms with E-state index in [1.807, 2.05) is 25.8 Å². The van der Waals surface area contributed by atoms with Gasteiger partial charge < -0.3 is 20.5 Å². The number of alkyl halides is 3. The molecular formula is C33H38F5N5O2. The first-order valence-corrected chi connectivity index (χ1v) is 15.3. The number of piperazine rings is 1. The molecule has 1 saturated heterocycles. The quantitative estimate of drug-likeness (QED) is 0.258. The molecule has 1 saturated carbocycles. The lowest BCUT2D eigenvalue weighted by Crippen LogP contribution is -2.55. The molecule has 0 spiro atoms. The highest BCUT2D eigenvalue weighted by Crippen LogP contribution is 2.37. The molecule has 1 aliphatic carbocycles. The van der Waals surface area contributed by atoms with Crippen LogP contribution in [-0.2, 0) is 12.7 Å². The molecule has 2 aromatic carbocycles. The number of amides is 1. The van der Waals surface area contributed by atoms with Crippen LogP contribution in [0.3, 0.4) is 0 Å². The molecule has 1 aliphatic heterocycles. The number of aromatic nitrogens is 1. The second-order valence-electron chi connectivity index (χ2n) is 12.2. The van der Waals surface area contributed by atoms with Gasteiger partial charge in [-0.05, 0) is 63.6 Å². The van der Waals surface area contributed by atoms with Crippen LogP contribution in [0.1, 0.15) is 67.4 Å². The highest BCUT2D eigenvalue weighted by atomic mass is 19.4. The van der Waals surface area contributed by atoms with Crippen LogP contribution in [0.4, 0.5) is 33.3 Å². The average molecular weight is 632 g/mol. The van der Waals surface area contributed by atoms with E-state index in [-0.39, 0.29) is 41.5 Å². The zero-order valence-corrected chi connectivity index (χ0v) is 25.5. The lowest BCUT2D eigenvalue weighted by atomic mass is 9.95. The Hall–Kier alpha value is -3.77. The summed E-state index contributed by atoms with van der Waals surface area (Å²) in [6.45, 7) is 5.24. The topological polar surface area (TPSA) is 80.5 Å². The number of carbonyl (C=O) groups excluding carboxylic acids is 1. The third kappa shape index (κ3) is 7.22. The van der Waals surface area contributed by atoms with Gasteiger partial charge in [0.15, 0.2) is 0 Å². The number of likely N-dealkylation sites (N-methyl/N-ethyl adjacent to an activating group) is 1. The van der Waals surface area contributed by atoms with E-state index < -0.39 is 40.4 Å². The second-order valence-corrected chi connectivity index (χ2v) is 12.2. The summed E-state index contributed by atoms with van der Waals surface area (Å²) in [6.07, 6.45) is 0.958. The van der Waals surface area contributed by atoms with Crippen LogP contribution in [0.2, 0.25) is 0 Å². The fourth-order valence-electron chi connectivity index (χ4n) is 6.30. The van der Waals surface area contributed by atoms with E-state index in [0.717, 1.165) is 38.3 Å². The van der Waals surface area contributed by atoms with E-state index in [4.69, 9.17) is 0 Å². The molecule has 12 heteroatoms. The number of carbonyl (C=O) groups is 1. The number of nitrogens with one attached hydrogen (secondary N) is 3. The van der Waals surface area contributed by atoms with Crippen LogP contribution >= 0.6 is 0 Å². The van der Waals surface area contributed by atoms with Gasteiger partial charge in [-0.1, -0.05) is 25.3 Å². The number of halogens is 5. The number of nitrogens with zero attached hydrogens (tertiary/aromatic N) is 2. The minimum absolute atomic E-state index is 0.0152. The molecule has 2 aliphatic rings. The number of aromatic amines is 1. The van der Waals surface area contributed by atoms with E-state index in [1.54, 1.807) is 12.1 Å². The van der Waals surface area contributed by atoms with Gasteiger partial charge in [-0.2, -0.15) is 13.2 Å². The summed E-state index contributed by atoms with van der Waals surface area (Å²) < 4.78 is 72.1. The number of hydrogen-bond donors (Lipinski definition) is 3. The summed E-state index contributed by atoms with van der Waals surface area (Å²) in [7, 11) is 2.01. The number of hydrogen-bond acceptors (Lipinski definition) is 5. The SMILES string of the molecule is C[C@@H]1CN(c2ccc(-c3ccc(F)c(CNC4CCCCC4)c3F)cc2NC(=O)c2c[nH]c(=O)cc2C(F)(F)F)C[C@H](C)N1C. The molecule has 7 nitrogen and oxygen atoms in total. The van der Waals surface area contributed by atoms with Gasteiger partial charge in [0.05, 0.1) is 22.5 Å². The van der Waals surface area contributed by atoms with E-state index in [2.05, 4.69) is 20.5 Å². The van der Waals surface area contributed by atoms with Crippen molar-refractivity contribution in [3.63, 3.8) is 0 Å². The Morgan fingerprint density at radius 3 is 2.36 bits per heavy atom. The Kier molecular flexibility index (Phi) is 9.64. The van der Waals surface area contributed by atoms with Gasteiger partial charge in [-0.3, -0.25) is 14.5 Å². The molecule has 3 aromatic rings. The highest BCUT2D eigenvalue weighted by molar-refractivity contribution is 6.07. The van der Waals surface area contributed by atoms with Crippen molar-refractivity contribution in [2.75, 3.05) is 30.4 Å². The van der Waals surface area contributed by atoms with Crippen LogP contribution in [-0.4, -0.2) is 54.1 Å². The fourth-order valence-corrected chi connectivity index (χ4v) is 6.30. The Labute approximate surface area is 258 Å². The van der Waals surface area contributed by atoms with Gasteiger partial charge in [0, 0.05) is 61.1 Å². The maximum atomic E-state index is 15.9. The van der Waals surface area contributed by atoms with Crippen LogP contribution in [0, 0.1) is 11.6 Å². The first-order chi connectivity index (χ1) is 21.3. The normalized spacial score (nSPS) is 20.0. The monoisotopic (exact) mass is 631 g/mol. The molecule has 3 N–H and O–H groups in total. The summed E-state index contributed by atoms with van der Waals surface area (Å²) in [4.78, 5) is 31.4. The number of benzene rings is 2. The average Bonchev–Trinajstić information content (AvgIpc) is 2.99. The second kappa shape index (κ2) is 13.3. The van der Waals surface area contributed by atoms with Crippen LogP contribution < -0.4 is 21.1 Å². The van der Waals surface area contributed by atoms with Crippen molar-refractivity contribution < 1.29 is 26.7 Å². The lowest BCUT2D eigenvalue weighted by Gasteiger charge is -2.44. The van der Waals surface area contributed by atoms with Crippen LogP contribution in [0.25, 0.3) is 11.1 Å². The fraction of sp³-hybridized carbons (Fsp3) is 0.455. The van der Waals surface area contributed by atoms with Gasteiger partial charge in [0.2, 0.25) is 5.56 Å². The van der Waals surface area contributed by atoms with Crippen molar-refractivity contribution in [2.24, 2.45) is 0 Å². The largest absolute Gasteiger partial charge is 0.417 e. The molecule has 45 heavy (non-hydrogen) atoms. The number of pyridine rings is 1. The molecule has 242 valence electrons. The number of H-pyrrole nitrogens is 1. The summed E-state index contributed by atoms with van der Waals surface area (Å²) in [6, 6.07) is 8.14. The van der Waals surface area contributed by atoms with Gasteiger partial charge in [-0.15, -0.1) is 0 Å². The summed E-state index contributed by atoms with van der Waals surface area (Å²) in [5.41, 5.74) is -2.12. The molecule has 0 bridgehead atoms. The minimum atomic E-state index is -4.95. The van der Waals surface area contributed by atoms with Crippen LogP contribution in [0.5, 0.6) is 0 Å². The van der Waals surface area contributed by atoms with Crippen molar-refractivity contribution in [3.05, 3.63) is 81.3 Å². The Morgan fingerprint density at radius 2 is 1.69 bits per heavy atom. The standard InChI is InChI=1S/C33H38F5N5O2/c1-19-17-43(18-20(2)42(19)3)29-12-9-21(13-28(29)41-32(45)24-15-40-30(44)14-26(24)33(36,37)38)23-10-11-27(34)25(31(23)35)16-39-22-7-5-4-6-8-22/h9-15,19-20,22,39H,4-8,16-18H2,1-3H3,(H,40,44)(H,41,45)/t19-,20+. The van der Waals surface area contributed by atoms with Crippen molar-refractivity contribution >= 4 is 17.3 Å². The summed E-state index contributed by atoms with van der Waals surface area (Å²) >= 11 is 0. The molecule has 2 heterocycles. The molecule has 0 radical (unpaired) electrons. The smallest absolute Gasteiger partial charge is 0.367 e. The zero-order chi connectivity index (χ0) is 32.5. The zero-order valence-electron chi connectivity index (χ0n) is 25.5. The molecule has 0 unspecified atom stereocenters. The van der Waals surface area contributed by atoms with Gasteiger partial charge in [0.1, 0.15) is 11.6 Å². The van der Waals surface area contributed by atoms with E-state index >= 15 is 4.39 Å². The highest BCUT2D eigenvalue weighted by Gasteiger charge is 2.36. The first kappa shape index (κ1) is 32.6. The molecule has 1 aromatic heterocycles. The maximum absolute atomic E-state index is 15.9. The molecule has 2 atom stereocenters. The number of anilines is 2. The molecule has 1 amide bonds. The number of rotatable bonds is 7. The van der Waals surface area contributed by atoms with Crippen molar-refractivity contribution in [1.82, 2.24) is 15.2 Å². The third-order valence-corrected chi connectivity index (χ3v) is 9.09. The predicted octanol–water partition coefficient (Wildman–Crippen LogP) is 6.54. The molecule has 5 rings (SSSR count). The van der Waals surface area contributed by atoms with E-state index in [0.29, 0.717) is 30.4 Å². The maximum Gasteiger partial charge on any atom is 0.417 e. The Balaban J connectivity index is 1.53.